The summed E-state index contributed by atoms with van der Waals surface area (Å²) in [5.41, 5.74) is 3.83. The molecule has 0 aliphatic carbocycles. The number of hydrogen-bond donors (Lipinski definition) is 2. The number of hydrazine groups is 1. The Morgan fingerprint density at radius 3 is 3.06 bits per heavy atom. The van der Waals surface area contributed by atoms with Crippen molar-refractivity contribution < 1.29 is 4.74 Å². The Bertz CT molecular complexity index is 309. The average Bonchev–Trinajstić information content (AvgIpc) is 2.30. The molecule has 0 fully saturated rings. The molecule has 0 bridgehead atoms. The van der Waals surface area contributed by atoms with Gasteiger partial charge in [-0.25, -0.2) is 0 Å². The van der Waals surface area contributed by atoms with Gasteiger partial charge in [0.1, 0.15) is 0 Å². The first kappa shape index (κ1) is 13.4. The van der Waals surface area contributed by atoms with Gasteiger partial charge in [0.05, 0.1) is 5.02 Å². The molecule has 16 heavy (non-hydrogen) atoms. The topological polar surface area (TPSA) is 60.2 Å². The summed E-state index contributed by atoms with van der Waals surface area (Å²) in [5, 5.41) is 0.680. The molecule has 5 heteroatoms. The highest BCUT2D eigenvalue weighted by Gasteiger charge is 2.09. The normalized spacial score (nSPS) is 12.7. The summed E-state index contributed by atoms with van der Waals surface area (Å²) < 4.78 is 5.29. The summed E-state index contributed by atoms with van der Waals surface area (Å²) in [6.07, 6.45) is 5.03. The lowest BCUT2D eigenvalue weighted by molar-refractivity contribution is 0.136. The van der Waals surface area contributed by atoms with Crippen LogP contribution in [-0.4, -0.2) is 24.2 Å². The SMILES string of the molecule is CCOCCC(Cc1ccncc1Cl)NN. The fourth-order valence-electron chi connectivity index (χ4n) is 1.45. The number of nitrogens with one attached hydrogen (secondary N) is 1. The van der Waals surface area contributed by atoms with Crippen LogP contribution in [0.3, 0.4) is 0 Å². The summed E-state index contributed by atoms with van der Waals surface area (Å²) >= 11 is 6.02. The smallest absolute Gasteiger partial charge is 0.0621 e. The molecule has 4 nitrogen and oxygen atoms in total. The van der Waals surface area contributed by atoms with Crippen LogP contribution in [0.2, 0.25) is 5.02 Å². The fourth-order valence-corrected chi connectivity index (χ4v) is 1.65. The van der Waals surface area contributed by atoms with E-state index in [0.29, 0.717) is 11.6 Å². The summed E-state index contributed by atoms with van der Waals surface area (Å²) in [6.45, 7) is 3.41. The molecule has 0 saturated carbocycles. The number of halogens is 1. The minimum Gasteiger partial charge on any atom is -0.382 e. The Morgan fingerprint density at radius 1 is 1.62 bits per heavy atom. The van der Waals surface area contributed by atoms with Crippen LogP contribution in [0.5, 0.6) is 0 Å². The molecule has 3 N–H and O–H groups in total. The number of aromatic nitrogens is 1. The summed E-state index contributed by atoms with van der Waals surface area (Å²) in [4.78, 5) is 3.95. The first-order valence-electron chi connectivity index (χ1n) is 5.40. The van der Waals surface area contributed by atoms with Crippen molar-refractivity contribution in [3.8, 4) is 0 Å². The summed E-state index contributed by atoms with van der Waals surface area (Å²) in [5.74, 6) is 5.49. The first-order chi connectivity index (χ1) is 7.77. The molecule has 0 saturated heterocycles. The van der Waals surface area contributed by atoms with Gasteiger partial charge in [0.2, 0.25) is 0 Å². The molecular formula is C11H18ClN3O. The van der Waals surface area contributed by atoms with Gasteiger partial charge in [0, 0.05) is 31.6 Å². The summed E-state index contributed by atoms with van der Waals surface area (Å²) in [7, 11) is 0. The molecule has 0 aliphatic heterocycles. The van der Waals surface area contributed by atoms with Gasteiger partial charge >= 0.3 is 0 Å². The first-order valence-corrected chi connectivity index (χ1v) is 5.78. The van der Waals surface area contributed by atoms with Crippen molar-refractivity contribution in [1.29, 1.82) is 0 Å². The maximum absolute atomic E-state index is 6.02. The third-order valence-electron chi connectivity index (χ3n) is 2.37. The van der Waals surface area contributed by atoms with Gasteiger partial charge in [-0.1, -0.05) is 11.6 Å². The van der Waals surface area contributed by atoms with Gasteiger partial charge in [0.25, 0.3) is 0 Å². The highest BCUT2D eigenvalue weighted by Crippen LogP contribution is 2.15. The van der Waals surface area contributed by atoms with E-state index in [1.165, 1.54) is 0 Å². The Morgan fingerprint density at radius 2 is 2.44 bits per heavy atom. The predicted molar refractivity (Wildman–Crippen MR) is 65.2 cm³/mol. The maximum atomic E-state index is 6.02. The largest absolute Gasteiger partial charge is 0.382 e. The zero-order chi connectivity index (χ0) is 11.8. The quantitative estimate of drug-likeness (QED) is 0.433. The van der Waals surface area contributed by atoms with Gasteiger partial charge in [0.15, 0.2) is 0 Å². The van der Waals surface area contributed by atoms with Gasteiger partial charge in [-0.3, -0.25) is 16.3 Å². The molecule has 0 aromatic carbocycles. The number of rotatable bonds is 7. The molecule has 1 rings (SSSR count). The van der Waals surface area contributed by atoms with Crippen LogP contribution in [0.25, 0.3) is 0 Å². The second kappa shape index (κ2) is 7.57. The average molecular weight is 244 g/mol. The highest BCUT2D eigenvalue weighted by atomic mass is 35.5. The zero-order valence-corrected chi connectivity index (χ0v) is 10.2. The lowest BCUT2D eigenvalue weighted by Gasteiger charge is -2.16. The Hall–Kier alpha value is -0.680. The van der Waals surface area contributed by atoms with Crippen molar-refractivity contribution in [2.75, 3.05) is 13.2 Å². The molecule has 0 radical (unpaired) electrons. The van der Waals surface area contributed by atoms with E-state index < -0.39 is 0 Å². The maximum Gasteiger partial charge on any atom is 0.0621 e. The second-order valence-electron chi connectivity index (χ2n) is 3.52. The Labute approximate surface area is 101 Å². The molecule has 1 aromatic rings. The van der Waals surface area contributed by atoms with Crippen LogP contribution in [0, 0.1) is 0 Å². The van der Waals surface area contributed by atoms with Crippen molar-refractivity contribution in [2.45, 2.75) is 25.8 Å². The van der Waals surface area contributed by atoms with Crippen LogP contribution >= 0.6 is 11.6 Å². The van der Waals surface area contributed by atoms with Crippen molar-refractivity contribution in [1.82, 2.24) is 10.4 Å². The van der Waals surface area contributed by atoms with E-state index >= 15 is 0 Å². The van der Waals surface area contributed by atoms with E-state index in [4.69, 9.17) is 22.2 Å². The van der Waals surface area contributed by atoms with Crippen molar-refractivity contribution in [3.63, 3.8) is 0 Å². The minimum absolute atomic E-state index is 0.173. The van der Waals surface area contributed by atoms with E-state index in [1.807, 2.05) is 13.0 Å². The van der Waals surface area contributed by atoms with E-state index in [0.717, 1.165) is 25.0 Å². The summed E-state index contributed by atoms with van der Waals surface area (Å²) in [6, 6.07) is 2.08. The molecule has 1 atom stereocenters. The van der Waals surface area contributed by atoms with Crippen LogP contribution in [0.15, 0.2) is 18.5 Å². The third kappa shape index (κ3) is 4.45. The van der Waals surface area contributed by atoms with Gasteiger partial charge in [-0.15, -0.1) is 0 Å². The molecule has 0 spiro atoms. The molecule has 0 amide bonds. The molecule has 1 aromatic heterocycles. The Kier molecular flexibility index (Phi) is 6.33. The van der Waals surface area contributed by atoms with Crippen LogP contribution in [0.4, 0.5) is 0 Å². The molecule has 90 valence electrons. The lowest BCUT2D eigenvalue weighted by atomic mass is 10.1. The van der Waals surface area contributed by atoms with Crippen molar-refractivity contribution in [3.05, 3.63) is 29.0 Å². The predicted octanol–water partition coefficient (Wildman–Crippen LogP) is 1.54. The van der Waals surface area contributed by atoms with Crippen molar-refractivity contribution >= 4 is 11.6 Å². The van der Waals surface area contributed by atoms with Gasteiger partial charge < -0.3 is 4.74 Å². The molecule has 1 heterocycles. The molecular weight excluding hydrogens is 226 g/mol. The van der Waals surface area contributed by atoms with E-state index in [9.17, 15) is 0 Å². The number of hydrogen-bond acceptors (Lipinski definition) is 4. The number of pyridine rings is 1. The van der Waals surface area contributed by atoms with E-state index in [1.54, 1.807) is 12.4 Å². The van der Waals surface area contributed by atoms with E-state index in [2.05, 4.69) is 10.4 Å². The van der Waals surface area contributed by atoms with Gasteiger partial charge in [-0.2, -0.15) is 0 Å². The highest BCUT2D eigenvalue weighted by molar-refractivity contribution is 6.31. The second-order valence-corrected chi connectivity index (χ2v) is 3.93. The Balaban J connectivity index is 2.46. The number of ether oxygens (including phenoxy) is 1. The standard InChI is InChI=1S/C11H18ClN3O/c1-2-16-6-4-10(15-13)7-9-3-5-14-8-11(9)12/h3,5,8,10,15H,2,4,6-7,13H2,1H3. The number of nitrogens with zero attached hydrogens (tertiary/aromatic N) is 1. The number of nitrogens with two attached hydrogens (primary N) is 1. The lowest BCUT2D eigenvalue weighted by Crippen LogP contribution is -2.37. The van der Waals surface area contributed by atoms with E-state index in [-0.39, 0.29) is 6.04 Å². The fraction of sp³-hybridized carbons (Fsp3) is 0.545. The zero-order valence-electron chi connectivity index (χ0n) is 9.45. The van der Waals surface area contributed by atoms with Crippen molar-refractivity contribution in [2.24, 2.45) is 5.84 Å². The van der Waals surface area contributed by atoms with Crippen LogP contribution < -0.4 is 11.3 Å². The molecule has 1 unspecified atom stereocenters. The monoisotopic (exact) mass is 243 g/mol. The van der Waals surface area contributed by atoms with Gasteiger partial charge in [-0.05, 0) is 31.4 Å². The van der Waals surface area contributed by atoms with Crippen LogP contribution in [0.1, 0.15) is 18.9 Å². The van der Waals surface area contributed by atoms with Crippen LogP contribution in [-0.2, 0) is 11.2 Å². The molecule has 0 aliphatic rings. The minimum atomic E-state index is 0.173. The third-order valence-corrected chi connectivity index (χ3v) is 2.71.